The van der Waals surface area contributed by atoms with Gasteiger partial charge in [0.1, 0.15) is 6.73 Å². The van der Waals surface area contributed by atoms with E-state index in [9.17, 15) is 4.79 Å². The predicted octanol–water partition coefficient (Wildman–Crippen LogP) is 2.45. The standard InChI is InChI=1S/C16H26N2O2/c1-6-14-10-8-9-13(3)16(14)18(12-20-7-2)15(19)11-17(4)5/h8-10H,6-7,11-12H2,1-5H3. The average molecular weight is 278 g/mol. The SMILES string of the molecule is CCOCN(C(=O)CN(C)C)c1c(C)cccc1CC. The number of carbonyl (C=O) groups is 1. The monoisotopic (exact) mass is 278 g/mol. The Labute approximate surface area is 122 Å². The van der Waals surface area contributed by atoms with Gasteiger partial charge in [-0.25, -0.2) is 0 Å². The van der Waals surface area contributed by atoms with Crippen LogP contribution in [-0.4, -0.2) is 44.8 Å². The molecule has 0 heterocycles. The predicted molar refractivity (Wildman–Crippen MR) is 83.1 cm³/mol. The number of amides is 1. The Bertz CT molecular complexity index is 444. The van der Waals surface area contributed by atoms with Crippen molar-refractivity contribution in [2.24, 2.45) is 0 Å². The van der Waals surface area contributed by atoms with Crippen molar-refractivity contribution in [3.8, 4) is 0 Å². The molecule has 112 valence electrons. The molecule has 0 unspecified atom stereocenters. The van der Waals surface area contributed by atoms with Gasteiger partial charge in [0, 0.05) is 6.61 Å². The zero-order valence-electron chi connectivity index (χ0n) is 13.3. The summed E-state index contributed by atoms with van der Waals surface area (Å²) in [4.78, 5) is 16.1. The minimum absolute atomic E-state index is 0.0625. The van der Waals surface area contributed by atoms with Crippen molar-refractivity contribution in [2.45, 2.75) is 27.2 Å². The summed E-state index contributed by atoms with van der Waals surface area (Å²) in [5.41, 5.74) is 3.28. The van der Waals surface area contributed by atoms with Crippen LogP contribution in [0, 0.1) is 6.92 Å². The first kappa shape index (κ1) is 16.7. The molecular weight excluding hydrogens is 252 g/mol. The number of carbonyl (C=O) groups excluding carboxylic acids is 1. The molecule has 20 heavy (non-hydrogen) atoms. The third-order valence-electron chi connectivity index (χ3n) is 3.15. The molecule has 0 aliphatic heterocycles. The fourth-order valence-corrected chi connectivity index (χ4v) is 2.19. The highest BCUT2D eigenvalue weighted by atomic mass is 16.5. The number of hydrogen-bond donors (Lipinski definition) is 0. The number of likely N-dealkylation sites (N-methyl/N-ethyl adjacent to an activating group) is 1. The van der Waals surface area contributed by atoms with Crippen LogP contribution in [0.25, 0.3) is 0 Å². The first-order chi connectivity index (χ1) is 9.51. The van der Waals surface area contributed by atoms with Gasteiger partial charge >= 0.3 is 0 Å². The second kappa shape index (κ2) is 8.02. The second-order valence-electron chi connectivity index (χ2n) is 5.12. The Kier molecular flexibility index (Phi) is 6.68. The molecule has 0 aliphatic carbocycles. The normalized spacial score (nSPS) is 10.9. The van der Waals surface area contributed by atoms with Crippen molar-refractivity contribution in [1.29, 1.82) is 0 Å². The largest absolute Gasteiger partial charge is 0.361 e. The van der Waals surface area contributed by atoms with Gasteiger partial charge in [-0.15, -0.1) is 0 Å². The Morgan fingerprint density at radius 1 is 1.25 bits per heavy atom. The summed E-state index contributed by atoms with van der Waals surface area (Å²) in [5.74, 6) is 0.0625. The molecule has 1 amide bonds. The third-order valence-corrected chi connectivity index (χ3v) is 3.15. The van der Waals surface area contributed by atoms with Crippen LogP contribution < -0.4 is 4.90 Å². The topological polar surface area (TPSA) is 32.8 Å². The number of aryl methyl sites for hydroxylation is 2. The smallest absolute Gasteiger partial charge is 0.243 e. The van der Waals surface area contributed by atoms with Crippen LogP contribution in [0.5, 0.6) is 0 Å². The molecular formula is C16H26N2O2. The van der Waals surface area contributed by atoms with E-state index < -0.39 is 0 Å². The zero-order valence-corrected chi connectivity index (χ0v) is 13.3. The summed E-state index contributed by atoms with van der Waals surface area (Å²) in [5, 5.41) is 0. The van der Waals surface area contributed by atoms with Crippen LogP contribution in [0.2, 0.25) is 0 Å². The van der Waals surface area contributed by atoms with E-state index >= 15 is 0 Å². The highest BCUT2D eigenvalue weighted by molar-refractivity contribution is 5.96. The van der Waals surface area contributed by atoms with Crippen molar-refractivity contribution in [2.75, 3.05) is 38.9 Å². The first-order valence-electron chi connectivity index (χ1n) is 7.12. The summed E-state index contributed by atoms with van der Waals surface area (Å²) in [6, 6.07) is 6.15. The van der Waals surface area contributed by atoms with Crippen molar-refractivity contribution < 1.29 is 9.53 Å². The minimum Gasteiger partial charge on any atom is -0.361 e. The lowest BCUT2D eigenvalue weighted by molar-refractivity contribution is -0.120. The summed E-state index contributed by atoms with van der Waals surface area (Å²) >= 11 is 0. The van der Waals surface area contributed by atoms with Crippen molar-refractivity contribution in [3.63, 3.8) is 0 Å². The summed E-state index contributed by atoms with van der Waals surface area (Å²) in [6.07, 6.45) is 0.898. The number of anilines is 1. The molecule has 0 aliphatic rings. The van der Waals surface area contributed by atoms with Gasteiger partial charge < -0.3 is 9.64 Å². The molecule has 0 radical (unpaired) electrons. The van der Waals surface area contributed by atoms with Crippen LogP contribution in [0.4, 0.5) is 5.69 Å². The van der Waals surface area contributed by atoms with Gasteiger partial charge in [-0.3, -0.25) is 9.69 Å². The Morgan fingerprint density at radius 2 is 1.95 bits per heavy atom. The van der Waals surface area contributed by atoms with Gasteiger partial charge in [-0.2, -0.15) is 0 Å². The number of ether oxygens (including phenoxy) is 1. The van der Waals surface area contributed by atoms with Gasteiger partial charge in [-0.05, 0) is 45.5 Å². The summed E-state index contributed by atoms with van der Waals surface area (Å²) < 4.78 is 5.49. The number of para-hydroxylation sites is 1. The maximum Gasteiger partial charge on any atom is 0.243 e. The molecule has 0 atom stereocenters. The quantitative estimate of drug-likeness (QED) is 0.718. The van der Waals surface area contributed by atoms with Crippen LogP contribution in [0.15, 0.2) is 18.2 Å². The van der Waals surface area contributed by atoms with Gasteiger partial charge in [0.15, 0.2) is 0 Å². The fraction of sp³-hybridized carbons (Fsp3) is 0.562. The van der Waals surface area contributed by atoms with Crippen LogP contribution in [0.1, 0.15) is 25.0 Å². The van der Waals surface area contributed by atoms with Crippen LogP contribution in [0.3, 0.4) is 0 Å². The maximum atomic E-state index is 12.5. The summed E-state index contributed by atoms with van der Waals surface area (Å²) in [7, 11) is 3.80. The van der Waals surface area contributed by atoms with Crippen LogP contribution >= 0.6 is 0 Å². The highest BCUT2D eigenvalue weighted by Gasteiger charge is 2.20. The third kappa shape index (κ3) is 4.32. The molecule has 0 saturated carbocycles. The Morgan fingerprint density at radius 3 is 2.50 bits per heavy atom. The highest BCUT2D eigenvalue weighted by Crippen LogP contribution is 2.26. The van der Waals surface area contributed by atoms with E-state index in [1.54, 1.807) is 4.90 Å². The van der Waals surface area contributed by atoms with E-state index in [1.165, 1.54) is 5.56 Å². The molecule has 1 aromatic carbocycles. The summed E-state index contributed by atoms with van der Waals surface area (Å²) in [6.45, 7) is 7.36. The minimum atomic E-state index is 0.0625. The molecule has 4 nitrogen and oxygen atoms in total. The van der Waals surface area contributed by atoms with E-state index in [0.717, 1.165) is 17.7 Å². The van der Waals surface area contributed by atoms with E-state index in [4.69, 9.17) is 4.74 Å². The lowest BCUT2D eigenvalue weighted by atomic mass is 10.0. The van der Waals surface area contributed by atoms with Crippen molar-refractivity contribution in [3.05, 3.63) is 29.3 Å². The van der Waals surface area contributed by atoms with Gasteiger partial charge in [-0.1, -0.05) is 25.1 Å². The van der Waals surface area contributed by atoms with E-state index in [-0.39, 0.29) is 5.91 Å². The number of hydrogen-bond acceptors (Lipinski definition) is 3. The molecule has 0 aromatic heterocycles. The average Bonchev–Trinajstić information content (AvgIpc) is 2.39. The molecule has 0 bridgehead atoms. The molecule has 0 N–H and O–H groups in total. The Hall–Kier alpha value is -1.39. The lowest BCUT2D eigenvalue weighted by Crippen LogP contribution is -2.40. The van der Waals surface area contributed by atoms with E-state index in [0.29, 0.717) is 19.9 Å². The van der Waals surface area contributed by atoms with Crippen molar-refractivity contribution in [1.82, 2.24) is 4.90 Å². The van der Waals surface area contributed by atoms with Gasteiger partial charge in [0.25, 0.3) is 0 Å². The van der Waals surface area contributed by atoms with Crippen molar-refractivity contribution >= 4 is 11.6 Å². The van der Waals surface area contributed by atoms with Gasteiger partial charge in [0.2, 0.25) is 5.91 Å². The molecule has 0 spiro atoms. The number of benzene rings is 1. The molecule has 0 fully saturated rings. The van der Waals surface area contributed by atoms with E-state index in [2.05, 4.69) is 13.0 Å². The lowest BCUT2D eigenvalue weighted by Gasteiger charge is -2.27. The molecule has 1 aromatic rings. The molecule has 4 heteroatoms. The number of rotatable bonds is 7. The molecule has 0 saturated heterocycles. The second-order valence-corrected chi connectivity index (χ2v) is 5.12. The van der Waals surface area contributed by atoms with Crippen LogP contribution in [-0.2, 0) is 16.0 Å². The van der Waals surface area contributed by atoms with E-state index in [1.807, 2.05) is 45.0 Å². The number of nitrogens with zero attached hydrogens (tertiary/aromatic N) is 2. The van der Waals surface area contributed by atoms with Gasteiger partial charge in [0.05, 0.1) is 12.2 Å². The maximum absolute atomic E-state index is 12.5. The molecule has 1 rings (SSSR count). The zero-order chi connectivity index (χ0) is 15.1. The fourth-order valence-electron chi connectivity index (χ4n) is 2.19. The Balaban J connectivity index is 3.13. The first-order valence-corrected chi connectivity index (χ1v) is 7.12.